The third kappa shape index (κ3) is 4.72. The van der Waals surface area contributed by atoms with Crippen LogP contribution in [-0.4, -0.2) is 68.3 Å². The molecule has 0 radical (unpaired) electrons. The van der Waals surface area contributed by atoms with E-state index in [1.807, 2.05) is 13.8 Å². The van der Waals surface area contributed by atoms with E-state index in [1.54, 1.807) is 29.2 Å². The lowest BCUT2D eigenvalue weighted by Gasteiger charge is -2.32. The fourth-order valence-electron chi connectivity index (χ4n) is 3.86. The Morgan fingerprint density at radius 1 is 1.17 bits per heavy atom. The van der Waals surface area contributed by atoms with E-state index in [4.69, 9.17) is 4.74 Å². The molecule has 0 saturated carbocycles. The first-order valence-electron chi connectivity index (χ1n) is 9.96. The molecule has 1 unspecified atom stereocenters. The van der Waals surface area contributed by atoms with E-state index in [0.29, 0.717) is 38.2 Å². The van der Waals surface area contributed by atoms with Crippen molar-refractivity contribution >= 4 is 21.8 Å². The Hall–Kier alpha value is -2.13. The van der Waals surface area contributed by atoms with Gasteiger partial charge in [0.15, 0.2) is 0 Å². The largest absolute Gasteiger partial charge is 0.497 e. The molecule has 8 nitrogen and oxygen atoms in total. The van der Waals surface area contributed by atoms with Crippen LogP contribution in [0.5, 0.6) is 5.75 Å². The van der Waals surface area contributed by atoms with Gasteiger partial charge in [-0.15, -0.1) is 0 Å². The summed E-state index contributed by atoms with van der Waals surface area (Å²) in [7, 11) is -2.03. The van der Waals surface area contributed by atoms with Crippen LogP contribution in [0.3, 0.4) is 0 Å². The molecule has 2 aliphatic heterocycles. The standard InChI is InChI=1S/C20H29N3O5S/c1-14(2)23-13-15(12-19(23)24)20(25)21-16-8-10-22(11-9-16)29(26,27)18-6-4-17(28-3)5-7-18/h4-7,14-16H,8-13H2,1-3H3,(H,21,25). The van der Waals surface area contributed by atoms with Crippen molar-refractivity contribution < 1.29 is 22.7 Å². The zero-order valence-electron chi connectivity index (χ0n) is 17.1. The fourth-order valence-corrected chi connectivity index (χ4v) is 5.33. The number of benzene rings is 1. The molecule has 2 saturated heterocycles. The van der Waals surface area contributed by atoms with Crippen LogP contribution in [0.15, 0.2) is 29.2 Å². The van der Waals surface area contributed by atoms with Gasteiger partial charge in [0.25, 0.3) is 0 Å². The Morgan fingerprint density at radius 2 is 1.79 bits per heavy atom. The number of hydrogen-bond donors (Lipinski definition) is 1. The topological polar surface area (TPSA) is 96.0 Å². The Morgan fingerprint density at radius 3 is 2.31 bits per heavy atom. The maximum atomic E-state index is 12.8. The summed E-state index contributed by atoms with van der Waals surface area (Å²) in [6.45, 7) is 5.03. The lowest BCUT2D eigenvalue weighted by Crippen LogP contribution is -2.48. The predicted molar refractivity (Wildman–Crippen MR) is 108 cm³/mol. The number of carbonyl (C=O) groups excluding carboxylic acids is 2. The molecule has 0 spiro atoms. The first-order chi connectivity index (χ1) is 13.7. The SMILES string of the molecule is COc1ccc(S(=O)(=O)N2CCC(NC(=O)C3CC(=O)N(C(C)C)C3)CC2)cc1. The van der Waals surface area contributed by atoms with Crippen LogP contribution in [0, 0.1) is 5.92 Å². The van der Waals surface area contributed by atoms with E-state index in [2.05, 4.69) is 5.32 Å². The van der Waals surface area contributed by atoms with Gasteiger partial charge in [0.1, 0.15) is 5.75 Å². The summed E-state index contributed by atoms with van der Waals surface area (Å²) >= 11 is 0. The van der Waals surface area contributed by atoms with Crippen LogP contribution in [0.25, 0.3) is 0 Å². The van der Waals surface area contributed by atoms with Crippen molar-refractivity contribution in [1.82, 2.24) is 14.5 Å². The molecule has 1 aromatic carbocycles. The quantitative estimate of drug-likeness (QED) is 0.742. The number of nitrogens with one attached hydrogen (secondary N) is 1. The van der Waals surface area contributed by atoms with Gasteiger partial charge >= 0.3 is 0 Å². The number of hydrogen-bond acceptors (Lipinski definition) is 5. The number of nitrogens with zero attached hydrogens (tertiary/aromatic N) is 2. The second kappa shape index (κ2) is 8.71. The first-order valence-corrected chi connectivity index (χ1v) is 11.4. The van der Waals surface area contributed by atoms with Crippen molar-refractivity contribution in [3.63, 3.8) is 0 Å². The second-order valence-electron chi connectivity index (χ2n) is 7.90. The highest BCUT2D eigenvalue weighted by atomic mass is 32.2. The Balaban J connectivity index is 1.53. The average molecular weight is 424 g/mol. The third-order valence-electron chi connectivity index (χ3n) is 5.65. The molecule has 0 aliphatic carbocycles. The minimum absolute atomic E-state index is 0.0144. The average Bonchev–Trinajstić information content (AvgIpc) is 3.10. The van der Waals surface area contributed by atoms with Gasteiger partial charge in [0.2, 0.25) is 21.8 Å². The number of methoxy groups -OCH3 is 1. The third-order valence-corrected chi connectivity index (χ3v) is 7.56. The molecule has 2 aliphatic rings. The van der Waals surface area contributed by atoms with E-state index in [9.17, 15) is 18.0 Å². The molecule has 1 atom stereocenters. The maximum absolute atomic E-state index is 12.8. The van der Waals surface area contributed by atoms with Crippen LogP contribution in [0.1, 0.15) is 33.1 Å². The van der Waals surface area contributed by atoms with E-state index >= 15 is 0 Å². The number of likely N-dealkylation sites (tertiary alicyclic amines) is 1. The number of piperidine rings is 1. The van der Waals surface area contributed by atoms with E-state index in [1.165, 1.54) is 11.4 Å². The van der Waals surface area contributed by atoms with Gasteiger partial charge in [-0.25, -0.2) is 8.42 Å². The van der Waals surface area contributed by atoms with Crippen molar-refractivity contribution in [3.8, 4) is 5.75 Å². The van der Waals surface area contributed by atoms with Crippen LogP contribution >= 0.6 is 0 Å². The highest BCUT2D eigenvalue weighted by Crippen LogP contribution is 2.24. The number of ether oxygens (including phenoxy) is 1. The zero-order valence-corrected chi connectivity index (χ0v) is 17.9. The van der Waals surface area contributed by atoms with Gasteiger partial charge in [-0.1, -0.05) is 0 Å². The number of amides is 2. The fraction of sp³-hybridized carbons (Fsp3) is 0.600. The Kier molecular flexibility index (Phi) is 6.48. The van der Waals surface area contributed by atoms with Crippen molar-refractivity contribution in [1.29, 1.82) is 0 Å². The molecule has 29 heavy (non-hydrogen) atoms. The summed E-state index contributed by atoms with van der Waals surface area (Å²) in [6.07, 6.45) is 1.35. The van der Waals surface area contributed by atoms with Gasteiger partial charge in [-0.05, 0) is 51.0 Å². The van der Waals surface area contributed by atoms with Crippen LogP contribution in [-0.2, 0) is 19.6 Å². The first kappa shape index (κ1) is 21.6. The molecule has 1 N–H and O–H groups in total. The smallest absolute Gasteiger partial charge is 0.243 e. The maximum Gasteiger partial charge on any atom is 0.243 e. The molecular weight excluding hydrogens is 394 g/mol. The summed E-state index contributed by atoms with van der Waals surface area (Å²) in [4.78, 5) is 26.5. The molecule has 2 amide bonds. The lowest BCUT2D eigenvalue weighted by molar-refractivity contribution is -0.130. The molecule has 9 heteroatoms. The van der Waals surface area contributed by atoms with Crippen LogP contribution in [0.2, 0.25) is 0 Å². The summed E-state index contributed by atoms with van der Waals surface area (Å²) < 4.78 is 32.2. The van der Waals surface area contributed by atoms with Crippen molar-refractivity contribution in [2.24, 2.45) is 5.92 Å². The Labute approximate surface area is 172 Å². The molecular formula is C20H29N3O5S. The van der Waals surface area contributed by atoms with Crippen LogP contribution < -0.4 is 10.1 Å². The van der Waals surface area contributed by atoms with Gasteiger partial charge in [-0.2, -0.15) is 4.31 Å². The molecule has 3 rings (SSSR count). The second-order valence-corrected chi connectivity index (χ2v) is 9.84. The molecule has 2 fully saturated rings. The highest BCUT2D eigenvalue weighted by Gasteiger charge is 2.37. The van der Waals surface area contributed by atoms with Crippen LogP contribution in [0.4, 0.5) is 0 Å². The number of carbonyl (C=O) groups is 2. The predicted octanol–water partition coefficient (Wildman–Crippen LogP) is 1.22. The summed E-state index contributed by atoms with van der Waals surface area (Å²) in [5.74, 6) is 0.177. The van der Waals surface area contributed by atoms with E-state index in [-0.39, 0.29) is 41.1 Å². The molecule has 0 aromatic heterocycles. The lowest BCUT2D eigenvalue weighted by atomic mass is 10.0. The number of rotatable bonds is 6. The Bertz CT molecular complexity index is 845. The monoisotopic (exact) mass is 423 g/mol. The molecule has 2 heterocycles. The van der Waals surface area contributed by atoms with Crippen molar-refractivity contribution in [2.45, 2.75) is 50.1 Å². The minimum atomic E-state index is -3.56. The van der Waals surface area contributed by atoms with Gasteiger partial charge in [-0.3, -0.25) is 9.59 Å². The summed E-state index contributed by atoms with van der Waals surface area (Å²) in [5, 5.41) is 3.01. The van der Waals surface area contributed by atoms with Gasteiger partial charge in [0, 0.05) is 38.1 Å². The van der Waals surface area contributed by atoms with Crippen molar-refractivity contribution in [2.75, 3.05) is 26.7 Å². The molecule has 0 bridgehead atoms. The summed E-state index contributed by atoms with van der Waals surface area (Å²) in [5.41, 5.74) is 0. The number of sulfonamides is 1. The zero-order chi connectivity index (χ0) is 21.2. The van der Waals surface area contributed by atoms with E-state index < -0.39 is 10.0 Å². The van der Waals surface area contributed by atoms with Gasteiger partial charge < -0.3 is 15.0 Å². The summed E-state index contributed by atoms with van der Waals surface area (Å²) in [6, 6.07) is 6.35. The van der Waals surface area contributed by atoms with E-state index in [0.717, 1.165) is 0 Å². The highest BCUT2D eigenvalue weighted by molar-refractivity contribution is 7.89. The molecule has 160 valence electrons. The molecule has 1 aromatic rings. The minimum Gasteiger partial charge on any atom is -0.497 e. The van der Waals surface area contributed by atoms with Gasteiger partial charge in [0.05, 0.1) is 17.9 Å². The van der Waals surface area contributed by atoms with Crippen molar-refractivity contribution in [3.05, 3.63) is 24.3 Å². The normalized spacial score (nSPS) is 21.6.